The molecule has 2 unspecified atom stereocenters. The Morgan fingerprint density at radius 1 is 0.879 bits per heavy atom. The van der Waals surface area contributed by atoms with Crippen molar-refractivity contribution < 1.29 is 4.79 Å². The maximum absolute atomic E-state index is 12.9. The quantitative estimate of drug-likeness (QED) is 0.612. The maximum Gasteiger partial charge on any atom is 0.236 e. The van der Waals surface area contributed by atoms with Gasteiger partial charge in [-0.25, -0.2) is 9.97 Å². The van der Waals surface area contributed by atoms with Gasteiger partial charge >= 0.3 is 0 Å². The van der Waals surface area contributed by atoms with Gasteiger partial charge < -0.3 is 9.80 Å². The number of nitrogens with zero attached hydrogens (tertiary/aromatic N) is 5. The standard InChI is InChI=1S/C27H33N5O/c1-20-16-21(2)18-32(17-20)25(33)19-30-12-14-31(15-13-30)27-23-10-6-7-11-24(23)28-26(29-27)22-8-4-3-5-9-22/h3-11,20-21H,12-19H2,1-2H3. The van der Waals surface area contributed by atoms with Crippen LogP contribution < -0.4 is 4.90 Å². The van der Waals surface area contributed by atoms with Crippen LogP contribution in [-0.2, 0) is 4.79 Å². The summed E-state index contributed by atoms with van der Waals surface area (Å²) >= 11 is 0. The number of fused-ring (bicyclic) bond motifs is 1. The summed E-state index contributed by atoms with van der Waals surface area (Å²) in [5.41, 5.74) is 1.99. The van der Waals surface area contributed by atoms with Crippen molar-refractivity contribution >= 4 is 22.6 Å². The molecule has 33 heavy (non-hydrogen) atoms. The number of aromatic nitrogens is 2. The molecule has 1 aromatic heterocycles. The zero-order valence-electron chi connectivity index (χ0n) is 19.7. The molecule has 0 spiro atoms. The van der Waals surface area contributed by atoms with Gasteiger partial charge in [0, 0.05) is 50.2 Å². The Hall–Kier alpha value is -2.99. The summed E-state index contributed by atoms with van der Waals surface area (Å²) in [7, 11) is 0. The van der Waals surface area contributed by atoms with E-state index in [-0.39, 0.29) is 5.91 Å². The monoisotopic (exact) mass is 443 g/mol. The summed E-state index contributed by atoms with van der Waals surface area (Å²) in [6, 6.07) is 18.4. The summed E-state index contributed by atoms with van der Waals surface area (Å²) in [5, 5.41) is 1.08. The van der Waals surface area contributed by atoms with E-state index >= 15 is 0 Å². The highest BCUT2D eigenvalue weighted by atomic mass is 16.2. The third-order valence-electron chi connectivity index (χ3n) is 6.87. The van der Waals surface area contributed by atoms with Gasteiger partial charge in [0.2, 0.25) is 5.91 Å². The molecule has 1 amide bonds. The minimum Gasteiger partial charge on any atom is -0.353 e. The number of rotatable bonds is 4. The molecule has 0 saturated carbocycles. The van der Waals surface area contributed by atoms with Gasteiger partial charge in [-0.2, -0.15) is 0 Å². The van der Waals surface area contributed by atoms with Gasteiger partial charge in [0.15, 0.2) is 5.82 Å². The van der Waals surface area contributed by atoms with Crippen molar-refractivity contribution in [3.63, 3.8) is 0 Å². The summed E-state index contributed by atoms with van der Waals surface area (Å²) in [6.07, 6.45) is 1.22. The average Bonchev–Trinajstić information content (AvgIpc) is 2.84. The molecule has 2 atom stereocenters. The zero-order valence-corrected chi connectivity index (χ0v) is 19.7. The molecule has 172 valence electrons. The van der Waals surface area contributed by atoms with E-state index in [0.29, 0.717) is 18.4 Å². The van der Waals surface area contributed by atoms with Gasteiger partial charge in [-0.3, -0.25) is 9.69 Å². The van der Waals surface area contributed by atoms with E-state index in [1.165, 1.54) is 6.42 Å². The van der Waals surface area contributed by atoms with Crippen LogP contribution in [0.1, 0.15) is 20.3 Å². The van der Waals surface area contributed by atoms with Crippen LogP contribution in [0.2, 0.25) is 0 Å². The normalized spacial score (nSPS) is 22.0. The second-order valence-electron chi connectivity index (χ2n) is 9.76. The van der Waals surface area contributed by atoms with Gasteiger partial charge in [-0.05, 0) is 30.4 Å². The van der Waals surface area contributed by atoms with E-state index in [9.17, 15) is 4.79 Å². The Bertz CT molecular complexity index is 1100. The highest BCUT2D eigenvalue weighted by Crippen LogP contribution is 2.28. The minimum absolute atomic E-state index is 0.278. The van der Waals surface area contributed by atoms with E-state index in [2.05, 4.69) is 52.8 Å². The summed E-state index contributed by atoms with van der Waals surface area (Å²) in [5.74, 6) is 3.22. The van der Waals surface area contributed by atoms with Gasteiger partial charge in [0.1, 0.15) is 5.82 Å². The third-order valence-corrected chi connectivity index (χ3v) is 6.87. The fourth-order valence-corrected chi connectivity index (χ4v) is 5.29. The molecule has 5 rings (SSSR count). The molecule has 6 nitrogen and oxygen atoms in total. The number of anilines is 1. The largest absolute Gasteiger partial charge is 0.353 e. The lowest BCUT2D eigenvalue weighted by Gasteiger charge is -2.39. The van der Waals surface area contributed by atoms with Crippen molar-refractivity contribution in [2.45, 2.75) is 20.3 Å². The van der Waals surface area contributed by atoms with Crippen LogP contribution in [0.25, 0.3) is 22.3 Å². The van der Waals surface area contributed by atoms with E-state index in [0.717, 1.165) is 67.4 Å². The molecule has 0 bridgehead atoms. The topological polar surface area (TPSA) is 52.6 Å². The number of hydrogen-bond acceptors (Lipinski definition) is 5. The van der Waals surface area contributed by atoms with E-state index in [4.69, 9.17) is 9.97 Å². The Labute approximate surface area is 196 Å². The number of hydrogen-bond donors (Lipinski definition) is 0. The third kappa shape index (κ3) is 4.86. The lowest BCUT2D eigenvalue weighted by atomic mass is 9.92. The fraction of sp³-hybridized carbons (Fsp3) is 0.444. The van der Waals surface area contributed by atoms with Gasteiger partial charge in [0.25, 0.3) is 0 Å². The summed E-state index contributed by atoms with van der Waals surface area (Å²) in [6.45, 7) is 10.3. The number of piperazine rings is 1. The van der Waals surface area contributed by atoms with Crippen molar-refractivity contribution in [1.29, 1.82) is 0 Å². The Balaban J connectivity index is 1.30. The number of carbonyl (C=O) groups is 1. The first-order valence-electron chi connectivity index (χ1n) is 12.1. The average molecular weight is 444 g/mol. The van der Waals surface area contributed by atoms with E-state index in [1.807, 2.05) is 30.3 Å². The van der Waals surface area contributed by atoms with Crippen LogP contribution in [0.4, 0.5) is 5.82 Å². The molecule has 0 radical (unpaired) electrons. The molecule has 2 aliphatic rings. The molecule has 2 fully saturated rings. The van der Waals surface area contributed by atoms with Crippen molar-refractivity contribution in [2.24, 2.45) is 11.8 Å². The highest BCUT2D eigenvalue weighted by molar-refractivity contribution is 5.91. The first kappa shape index (κ1) is 21.8. The highest BCUT2D eigenvalue weighted by Gasteiger charge is 2.28. The van der Waals surface area contributed by atoms with Gasteiger partial charge in [-0.15, -0.1) is 0 Å². The SMILES string of the molecule is CC1CC(C)CN(C(=O)CN2CCN(c3nc(-c4ccccc4)nc4ccccc34)CC2)C1. The molecule has 6 heteroatoms. The van der Waals surface area contributed by atoms with Crippen LogP contribution in [0.5, 0.6) is 0 Å². The lowest BCUT2D eigenvalue weighted by molar-refractivity contribution is -0.135. The first-order chi connectivity index (χ1) is 16.1. The molecule has 2 aromatic carbocycles. The maximum atomic E-state index is 12.9. The number of benzene rings is 2. The summed E-state index contributed by atoms with van der Waals surface area (Å²) < 4.78 is 0. The number of carbonyl (C=O) groups excluding carboxylic acids is 1. The lowest BCUT2D eigenvalue weighted by Crippen LogP contribution is -2.52. The number of piperidine rings is 1. The van der Waals surface area contributed by atoms with E-state index in [1.54, 1.807) is 0 Å². The molecule has 3 aromatic rings. The fourth-order valence-electron chi connectivity index (χ4n) is 5.29. The van der Waals surface area contributed by atoms with Crippen LogP contribution in [-0.4, -0.2) is 71.5 Å². The number of amides is 1. The Morgan fingerprint density at radius 2 is 1.55 bits per heavy atom. The van der Waals surface area contributed by atoms with Crippen molar-refractivity contribution in [3.05, 3.63) is 54.6 Å². The second kappa shape index (κ2) is 9.48. The van der Waals surface area contributed by atoms with Crippen molar-refractivity contribution in [1.82, 2.24) is 19.8 Å². The van der Waals surface area contributed by atoms with Gasteiger partial charge in [-0.1, -0.05) is 56.3 Å². The minimum atomic E-state index is 0.278. The van der Waals surface area contributed by atoms with Crippen LogP contribution in [0.15, 0.2) is 54.6 Å². The van der Waals surface area contributed by atoms with Crippen LogP contribution >= 0.6 is 0 Å². The van der Waals surface area contributed by atoms with Crippen LogP contribution in [0.3, 0.4) is 0 Å². The zero-order chi connectivity index (χ0) is 22.8. The van der Waals surface area contributed by atoms with Crippen molar-refractivity contribution in [2.75, 3.05) is 50.7 Å². The molecule has 3 heterocycles. The number of likely N-dealkylation sites (tertiary alicyclic amines) is 1. The molecule has 2 saturated heterocycles. The predicted molar refractivity (Wildman–Crippen MR) is 133 cm³/mol. The van der Waals surface area contributed by atoms with Crippen LogP contribution in [0, 0.1) is 11.8 Å². The first-order valence-corrected chi connectivity index (χ1v) is 12.1. The van der Waals surface area contributed by atoms with E-state index < -0.39 is 0 Å². The molecular formula is C27H33N5O. The molecular weight excluding hydrogens is 410 g/mol. The molecule has 0 aliphatic carbocycles. The molecule has 2 aliphatic heterocycles. The summed E-state index contributed by atoms with van der Waals surface area (Å²) in [4.78, 5) is 29.5. The Morgan fingerprint density at radius 3 is 2.27 bits per heavy atom. The smallest absolute Gasteiger partial charge is 0.236 e. The van der Waals surface area contributed by atoms with Crippen molar-refractivity contribution in [3.8, 4) is 11.4 Å². The predicted octanol–water partition coefficient (Wildman–Crippen LogP) is 3.92. The number of para-hydroxylation sites is 1. The molecule has 0 N–H and O–H groups in total. The van der Waals surface area contributed by atoms with Gasteiger partial charge in [0.05, 0.1) is 12.1 Å². The second-order valence-corrected chi connectivity index (χ2v) is 9.76. The Kier molecular flexibility index (Phi) is 6.27.